The predicted octanol–water partition coefficient (Wildman–Crippen LogP) is -0.550. The first-order valence-corrected chi connectivity index (χ1v) is 5.50. The van der Waals surface area contributed by atoms with Gasteiger partial charge in [-0.1, -0.05) is 0 Å². The van der Waals surface area contributed by atoms with E-state index in [2.05, 4.69) is 0 Å². The van der Waals surface area contributed by atoms with Gasteiger partial charge in [0.1, 0.15) is 6.54 Å². The van der Waals surface area contributed by atoms with Crippen molar-refractivity contribution in [2.45, 2.75) is 18.7 Å². The van der Waals surface area contributed by atoms with E-state index in [9.17, 15) is 26.7 Å². The van der Waals surface area contributed by atoms with Gasteiger partial charge in [0, 0.05) is 13.1 Å². The van der Waals surface area contributed by atoms with Gasteiger partial charge in [-0.15, -0.1) is 0 Å². The number of alkyl halides is 3. The molecular weight excluding hydrogens is 237 g/mol. The second-order valence-electron chi connectivity index (χ2n) is 3.71. The van der Waals surface area contributed by atoms with Crippen LogP contribution in [-0.4, -0.2) is 49.2 Å². The highest BCUT2D eigenvalue weighted by Gasteiger charge is 2.44. The Bertz CT molecular complexity index is 330. The van der Waals surface area contributed by atoms with Crippen molar-refractivity contribution in [1.29, 1.82) is 0 Å². The second-order valence-corrected chi connectivity index (χ2v) is 5.46. The van der Waals surface area contributed by atoms with E-state index < -0.39 is 28.5 Å². The Balaban J connectivity index is 2.48. The number of nitrogens with zero attached hydrogens (tertiary/aromatic N) is 1. The summed E-state index contributed by atoms with van der Waals surface area (Å²) in [6.45, 7) is -0.586. The van der Waals surface area contributed by atoms with Crippen LogP contribution >= 0.6 is 0 Å². The highest BCUT2D eigenvalue weighted by Crippen LogP contribution is 2.22. The fraction of sp³-hybridized carbons (Fsp3) is 1.00. The van der Waals surface area contributed by atoms with Crippen LogP contribution in [0.2, 0.25) is 0 Å². The molecule has 0 aliphatic carbocycles. The van der Waals surface area contributed by atoms with Gasteiger partial charge < -0.3 is 5.11 Å². The zero-order valence-corrected chi connectivity index (χ0v) is 8.69. The molecular formula is C6H11F3N2O3S. The van der Waals surface area contributed by atoms with Gasteiger partial charge in [-0.05, 0) is 6.92 Å². The Morgan fingerprint density at radius 3 is 2.27 bits per heavy atom. The first kappa shape index (κ1) is 12.7. The number of β-amino-alcohol motifs (C(OH)–C–C–N with tert-alkyl or cyclic N) is 1. The average Bonchev–Trinajstić information content (AvgIpc) is 1.95. The maximum atomic E-state index is 11.7. The highest BCUT2D eigenvalue weighted by atomic mass is 32.2. The fourth-order valence-corrected chi connectivity index (χ4v) is 2.57. The van der Waals surface area contributed by atoms with Crippen LogP contribution in [-0.2, 0) is 10.2 Å². The number of hydrogen-bond donors (Lipinski definition) is 2. The molecule has 1 heterocycles. The molecule has 1 saturated heterocycles. The third-order valence-electron chi connectivity index (χ3n) is 1.83. The molecule has 0 bridgehead atoms. The molecule has 1 aliphatic rings. The van der Waals surface area contributed by atoms with Gasteiger partial charge in [-0.25, -0.2) is 0 Å². The van der Waals surface area contributed by atoms with Crippen LogP contribution in [0.5, 0.6) is 0 Å². The SMILES string of the molecule is CC1(O)CN(S(=O)(=O)NCC(F)(F)F)C1. The normalized spacial score (nSPS) is 22.5. The lowest BCUT2D eigenvalue weighted by Gasteiger charge is -2.42. The molecule has 9 heteroatoms. The summed E-state index contributed by atoms with van der Waals surface area (Å²) in [7, 11) is -4.12. The summed E-state index contributed by atoms with van der Waals surface area (Å²) < 4.78 is 59.6. The van der Waals surface area contributed by atoms with Crippen LogP contribution in [0.1, 0.15) is 6.92 Å². The Morgan fingerprint density at radius 2 is 1.93 bits per heavy atom. The molecule has 15 heavy (non-hydrogen) atoms. The van der Waals surface area contributed by atoms with Crippen molar-refractivity contribution in [3.63, 3.8) is 0 Å². The van der Waals surface area contributed by atoms with Gasteiger partial charge in [0.15, 0.2) is 0 Å². The van der Waals surface area contributed by atoms with E-state index in [1.165, 1.54) is 11.6 Å². The number of halogens is 3. The van der Waals surface area contributed by atoms with E-state index in [1.54, 1.807) is 0 Å². The van der Waals surface area contributed by atoms with E-state index in [1.807, 2.05) is 0 Å². The van der Waals surface area contributed by atoms with Crippen molar-refractivity contribution in [2.75, 3.05) is 19.6 Å². The molecule has 1 fully saturated rings. The number of aliphatic hydroxyl groups is 1. The lowest BCUT2D eigenvalue weighted by Crippen LogP contribution is -2.64. The van der Waals surface area contributed by atoms with Crippen molar-refractivity contribution in [3.05, 3.63) is 0 Å². The smallest absolute Gasteiger partial charge is 0.387 e. The molecule has 0 aromatic heterocycles. The van der Waals surface area contributed by atoms with Crippen molar-refractivity contribution >= 4 is 10.2 Å². The molecule has 5 nitrogen and oxygen atoms in total. The molecule has 1 rings (SSSR count). The third-order valence-corrected chi connectivity index (χ3v) is 3.28. The zero-order valence-electron chi connectivity index (χ0n) is 7.87. The molecule has 1 aliphatic heterocycles. The number of hydrogen-bond acceptors (Lipinski definition) is 3. The molecule has 0 aromatic rings. The van der Waals surface area contributed by atoms with Gasteiger partial charge in [0.25, 0.3) is 10.2 Å². The van der Waals surface area contributed by atoms with Crippen LogP contribution in [0.4, 0.5) is 13.2 Å². The Labute approximate surface area is 85.1 Å². The van der Waals surface area contributed by atoms with Gasteiger partial charge in [0.05, 0.1) is 5.60 Å². The van der Waals surface area contributed by atoms with E-state index in [0.717, 1.165) is 4.31 Å². The maximum absolute atomic E-state index is 11.7. The molecule has 0 spiro atoms. The molecule has 0 radical (unpaired) electrons. The lowest BCUT2D eigenvalue weighted by atomic mass is 10.0. The minimum absolute atomic E-state index is 0.194. The Morgan fingerprint density at radius 1 is 1.47 bits per heavy atom. The minimum Gasteiger partial charge on any atom is -0.387 e. The summed E-state index contributed by atoms with van der Waals surface area (Å²) in [6.07, 6.45) is -4.58. The van der Waals surface area contributed by atoms with Crippen molar-refractivity contribution in [2.24, 2.45) is 0 Å². The zero-order chi connectivity index (χ0) is 11.9. The Hall–Kier alpha value is -0.380. The van der Waals surface area contributed by atoms with Crippen LogP contribution in [0.25, 0.3) is 0 Å². The molecule has 0 aromatic carbocycles. The topological polar surface area (TPSA) is 69.6 Å². The summed E-state index contributed by atoms with van der Waals surface area (Å²) in [5.41, 5.74) is -1.15. The summed E-state index contributed by atoms with van der Waals surface area (Å²) in [5, 5.41) is 9.22. The predicted molar refractivity (Wildman–Crippen MR) is 45.2 cm³/mol. The van der Waals surface area contributed by atoms with Crippen LogP contribution in [0, 0.1) is 0 Å². The lowest BCUT2D eigenvalue weighted by molar-refractivity contribution is -0.121. The van der Waals surface area contributed by atoms with Crippen molar-refractivity contribution in [1.82, 2.24) is 9.03 Å². The van der Waals surface area contributed by atoms with Crippen LogP contribution in [0.3, 0.4) is 0 Å². The number of nitrogens with one attached hydrogen (secondary N) is 1. The van der Waals surface area contributed by atoms with E-state index in [4.69, 9.17) is 0 Å². The van der Waals surface area contributed by atoms with Crippen LogP contribution < -0.4 is 4.72 Å². The van der Waals surface area contributed by atoms with Gasteiger partial charge >= 0.3 is 6.18 Å². The summed E-state index contributed by atoms with van der Waals surface area (Å²) >= 11 is 0. The number of rotatable bonds is 3. The van der Waals surface area contributed by atoms with Gasteiger partial charge in [-0.2, -0.15) is 30.6 Å². The minimum atomic E-state index is -4.58. The maximum Gasteiger partial charge on any atom is 0.402 e. The first-order chi connectivity index (χ1) is 6.52. The van der Waals surface area contributed by atoms with E-state index >= 15 is 0 Å². The summed E-state index contributed by atoms with van der Waals surface area (Å²) in [4.78, 5) is 0. The summed E-state index contributed by atoms with van der Waals surface area (Å²) in [5.74, 6) is 0. The van der Waals surface area contributed by atoms with E-state index in [-0.39, 0.29) is 13.1 Å². The summed E-state index contributed by atoms with van der Waals surface area (Å²) in [6, 6.07) is 0. The molecule has 90 valence electrons. The van der Waals surface area contributed by atoms with Crippen LogP contribution in [0.15, 0.2) is 0 Å². The molecule has 0 saturated carbocycles. The standard InChI is InChI=1S/C6H11F3N2O3S/c1-5(12)3-11(4-5)15(13,14)10-2-6(7,8)9/h10,12H,2-4H2,1H3. The van der Waals surface area contributed by atoms with Gasteiger partial charge in [0.2, 0.25) is 0 Å². The average molecular weight is 248 g/mol. The molecule has 0 unspecified atom stereocenters. The molecule has 2 N–H and O–H groups in total. The quantitative estimate of drug-likeness (QED) is 0.704. The molecule has 0 atom stereocenters. The largest absolute Gasteiger partial charge is 0.402 e. The Kier molecular flexibility index (Phi) is 3.03. The van der Waals surface area contributed by atoms with Crippen molar-refractivity contribution in [3.8, 4) is 0 Å². The fourth-order valence-electron chi connectivity index (χ4n) is 1.15. The third kappa shape index (κ3) is 3.59. The second kappa shape index (κ2) is 3.58. The molecule has 0 amide bonds. The van der Waals surface area contributed by atoms with E-state index in [0.29, 0.717) is 0 Å². The first-order valence-electron chi connectivity index (χ1n) is 4.06. The van der Waals surface area contributed by atoms with Gasteiger partial charge in [-0.3, -0.25) is 0 Å². The van der Waals surface area contributed by atoms with Crippen molar-refractivity contribution < 1.29 is 26.7 Å². The highest BCUT2D eigenvalue weighted by molar-refractivity contribution is 7.87. The monoisotopic (exact) mass is 248 g/mol.